The molecule has 0 unspecified atom stereocenters. The molecule has 1 fully saturated rings. The average molecular weight is 378 g/mol. The van der Waals surface area contributed by atoms with E-state index in [1.54, 1.807) is 6.07 Å². The van der Waals surface area contributed by atoms with Crippen LogP contribution < -0.4 is 15.1 Å². The molecule has 1 N–H and O–H groups in total. The van der Waals surface area contributed by atoms with E-state index in [4.69, 9.17) is 0 Å². The van der Waals surface area contributed by atoms with Crippen LogP contribution in [0.2, 0.25) is 0 Å². The summed E-state index contributed by atoms with van der Waals surface area (Å²) in [4.78, 5) is 16.4. The number of fused-ring (bicyclic) bond motifs is 1. The van der Waals surface area contributed by atoms with Crippen molar-refractivity contribution in [2.45, 2.75) is 25.7 Å². The van der Waals surface area contributed by atoms with Crippen LogP contribution in [0.15, 0.2) is 18.2 Å². The molecular weight excluding hydrogens is 352 g/mol. The maximum Gasteiger partial charge on any atom is 0.227 e. The summed E-state index contributed by atoms with van der Waals surface area (Å²) in [6.07, 6.45) is 3.88. The van der Waals surface area contributed by atoms with Crippen LogP contribution >= 0.6 is 24.8 Å². The molecule has 1 saturated heterocycles. The Morgan fingerprint density at radius 3 is 2.62 bits per heavy atom. The first-order chi connectivity index (χ1) is 10.6. The molecule has 2 heterocycles. The molecular formula is C17H26Cl2FN3O. The standard InChI is InChI=1S/C17H24FN3O.2ClH/c1-20-10-11-21(15-4-3-14(18)12-16(15)20)17(22)5-2-13-6-8-19-9-7-13;;/h3-4,12-13,19H,2,5-11H2,1H3;2*1H. The van der Waals surface area contributed by atoms with Crippen LogP contribution in [-0.2, 0) is 4.79 Å². The topological polar surface area (TPSA) is 35.6 Å². The van der Waals surface area contributed by atoms with Crippen molar-refractivity contribution in [2.24, 2.45) is 5.92 Å². The van der Waals surface area contributed by atoms with E-state index >= 15 is 0 Å². The third-order valence-corrected chi connectivity index (χ3v) is 4.82. The number of rotatable bonds is 3. The van der Waals surface area contributed by atoms with Crippen molar-refractivity contribution < 1.29 is 9.18 Å². The summed E-state index contributed by atoms with van der Waals surface area (Å²) >= 11 is 0. The smallest absolute Gasteiger partial charge is 0.227 e. The fourth-order valence-electron chi connectivity index (χ4n) is 3.41. The lowest BCUT2D eigenvalue weighted by Gasteiger charge is -2.36. The van der Waals surface area contributed by atoms with Crippen LogP contribution in [0.3, 0.4) is 0 Å². The van der Waals surface area contributed by atoms with Gasteiger partial charge < -0.3 is 15.1 Å². The fourth-order valence-corrected chi connectivity index (χ4v) is 3.41. The monoisotopic (exact) mass is 377 g/mol. The molecule has 2 aliphatic heterocycles. The zero-order chi connectivity index (χ0) is 15.5. The van der Waals surface area contributed by atoms with Crippen molar-refractivity contribution in [1.82, 2.24) is 5.32 Å². The second-order valence-corrected chi connectivity index (χ2v) is 6.33. The minimum absolute atomic E-state index is 0. The zero-order valence-corrected chi connectivity index (χ0v) is 15.6. The first kappa shape index (κ1) is 21.0. The van der Waals surface area contributed by atoms with Crippen LogP contribution in [0.1, 0.15) is 25.7 Å². The molecule has 7 heteroatoms. The van der Waals surface area contributed by atoms with E-state index in [1.807, 2.05) is 16.8 Å². The minimum atomic E-state index is -0.255. The second kappa shape index (κ2) is 9.44. The Balaban J connectivity index is 0.00000144. The largest absolute Gasteiger partial charge is 0.371 e. The Kier molecular flexibility index (Phi) is 8.27. The molecule has 1 aromatic rings. The van der Waals surface area contributed by atoms with Gasteiger partial charge in [0.2, 0.25) is 5.91 Å². The van der Waals surface area contributed by atoms with Crippen molar-refractivity contribution in [3.63, 3.8) is 0 Å². The van der Waals surface area contributed by atoms with E-state index in [0.29, 0.717) is 18.9 Å². The van der Waals surface area contributed by atoms with Gasteiger partial charge in [-0.25, -0.2) is 4.39 Å². The van der Waals surface area contributed by atoms with E-state index in [9.17, 15) is 9.18 Å². The molecule has 1 aromatic carbocycles. The quantitative estimate of drug-likeness (QED) is 0.877. The molecule has 0 aliphatic carbocycles. The van der Waals surface area contributed by atoms with Crippen molar-refractivity contribution in [3.8, 4) is 0 Å². The summed E-state index contributed by atoms with van der Waals surface area (Å²) < 4.78 is 13.5. The number of benzene rings is 1. The van der Waals surface area contributed by atoms with Crippen molar-refractivity contribution >= 4 is 42.1 Å². The molecule has 0 atom stereocenters. The third-order valence-electron chi connectivity index (χ3n) is 4.82. The maximum atomic E-state index is 13.5. The van der Waals surface area contributed by atoms with Gasteiger partial charge in [0.25, 0.3) is 0 Å². The first-order valence-corrected chi connectivity index (χ1v) is 8.17. The van der Waals surface area contributed by atoms with Crippen LogP contribution in [-0.4, -0.2) is 39.1 Å². The highest BCUT2D eigenvalue weighted by Crippen LogP contribution is 2.33. The van der Waals surface area contributed by atoms with E-state index < -0.39 is 0 Å². The van der Waals surface area contributed by atoms with E-state index in [-0.39, 0.29) is 36.5 Å². The molecule has 2 aliphatic rings. The highest BCUT2D eigenvalue weighted by atomic mass is 35.5. The molecule has 0 aromatic heterocycles. The molecule has 0 radical (unpaired) electrons. The fraction of sp³-hybridized carbons (Fsp3) is 0.588. The van der Waals surface area contributed by atoms with Gasteiger partial charge in [-0.05, 0) is 56.5 Å². The summed E-state index contributed by atoms with van der Waals surface area (Å²) in [5.74, 6) is 0.569. The van der Waals surface area contributed by atoms with Crippen molar-refractivity contribution in [2.75, 3.05) is 43.0 Å². The van der Waals surface area contributed by atoms with Crippen molar-refractivity contribution in [1.29, 1.82) is 0 Å². The minimum Gasteiger partial charge on any atom is -0.371 e. The predicted octanol–water partition coefficient (Wildman–Crippen LogP) is 3.23. The van der Waals surface area contributed by atoms with Crippen molar-refractivity contribution in [3.05, 3.63) is 24.0 Å². The number of hydrogen-bond acceptors (Lipinski definition) is 3. The number of nitrogens with one attached hydrogen (secondary N) is 1. The summed E-state index contributed by atoms with van der Waals surface area (Å²) in [6, 6.07) is 4.68. The third kappa shape index (κ3) is 4.74. The molecule has 0 saturated carbocycles. The summed E-state index contributed by atoms with van der Waals surface area (Å²) in [5, 5.41) is 3.35. The molecule has 136 valence electrons. The number of hydrogen-bond donors (Lipinski definition) is 1. The summed E-state index contributed by atoms with van der Waals surface area (Å²) in [6.45, 7) is 3.56. The Morgan fingerprint density at radius 1 is 1.21 bits per heavy atom. The number of anilines is 2. The van der Waals surface area contributed by atoms with Crippen LogP contribution in [0.4, 0.5) is 15.8 Å². The number of carbonyl (C=O) groups is 1. The number of nitrogens with zero attached hydrogens (tertiary/aromatic N) is 2. The van der Waals surface area contributed by atoms with Gasteiger partial charge in [0.05, 0.1) is 11.4 Å². The molecule has 1 amide bonds. The molecule has 0 bridgehead atoms. The highest BCUT2D eigenvalue weighted by Gasteiger charge is 2.26. The van der Waals surface area contributed by atoms with E-state index in [2.05, 4.69) is 5.32 Å². The summed E-state index contributed by atoms with van der Waals surface area (Å²) in [7, 11) is 1.94. The van der Waals surface area contributed by atoms with Crippen LogP contribution in [0, 0.1) is 11.7 Å². The zero-order valence-electron chi connectivity index (χ0n) is 14.0. The van der Waals surface area contributed by atoms with Gasteiger partial charge in [-0.15, -0.1) is 24.8 Å². The lowest BCUT2D eigenvalue weighted by atomic mass is 9.93. The number of likely N-dealkylation sites (N-methyl/N-ethyl adjacent to an activating group) is 1. The lowest BCUT2D eigenvalue weighted by Crippen LogP contribution is -2.43. The number of carbonyl (C=O) groups excluding carboxylic acids is 1. The number of halogens is 3. The molecule has 24 heavy (non-hydrogen) atoms. The van der Waals surface area contributed by atoms with E-state index in [1.165, 1.54) is 12.1 Å². The van der Waals surface area contributed by atoms with Gasteiger partial charge in [0.15, 0.2) is 0 Å². The number of amides is 1. The molecule has 4 nitrogen and oxygen atoms in total. The Hall–Kier alpha value is -1.04. The van der Waals surface area contributed by atoms with Crippen LogP contribution in [0.5, 0.6) is 0 Å². The Morgan fingerprint density at radius 2 is 1.92 bits per heavy atom. The lowest BCUT2D eigenvalue weighted by molar-refractivity contribution is -0.119. The highest BCUT2D eigenvalue weighted by molar-refractivity contribution is 5.97. The molecule has 3 rings (SSSR count). The Labute approximate surface area is 155 Å². The molecule has 0 spiro atoms. The SMILES string of the molecule is CN1CCN(C(=O)CCC2CCNCC2)c2ccc(F)cc21.Cl.Cl. The second-order valence-electron chi connectivity index (χ2n) is 6.33. The first-order valence-electron chi connectivity index (χ1n) is 8.17. The van der Waals surface area contributed by atoms with Gasteiger partial charge in [0, 0.05) is 26.6 Å². The average Bonchev–Trinajstić information content (AvgIpc) is 2.54. The maximum absolute atomic E-state index is 13.5. The van der Waals surface area contributed by atoms with Gasteiger partial charge in [-0.3, -0.25) is 4.79 Å². The normalized spacial score (nSPS) is 17.6. The van der Waals surface area contributed by atoms with E-state index in [0.717, 1.165) is 50.3 Å². The Bertz CT molecular complexity index is 553. The van der Waals surface area contributed by atoms with Gasteiger partial charge in [-0.1, -0.05) is 0 Å². The summed E-state index contributed by atoms with van der Waals surface area (Å²) in [5.41, 5.74) is 1.65. The number of piperidine rings is 1. The van der Waals surface area contributed by atoms with Gasteiger partial charge in [0.1, 0.15) is 5.82 Å². The van der Waals surface area contributed by atoms with Crippen LogP contribution in [0.25, 0.3) is 0 Å². The predicted molar refractivity (Wildman–Crippen MR) is 101 cm³/mol. The van der Waals surface area contributed by atoms with Gasteiger partial charge >= 0.3 is 0 Å². The van der Waals surface area contributed by atoms with Gasteiger partial charge in [-0.2, -0.15) is 0 Å².